The summed E-state index contributed by atoms with van der Waals surface area (Å²) in [5.41, 5.74) is 3.94. The van der Waals surface area contributed by atoms with Crippen LogP contribution in [0, 0.1) is 0 Å². The second-order valence-electron chi connectivity index (χ2n) is 4.74. The molecule has 1 N–H and O–H groups in total. The summed E-state index contributed by atoms with van der Waals surface area (Å²) in [6.07, 6.45) is 0.944. The first-order chi connectivity index (χ1) is 9.72. The number of furan rings is 1. The molecule has 0 amide bonds. The van der Waals surface area contributed by atoms with Crippen LogP contribution < -0.4 is 5.32 Å². The zero-order chi connectivity index (χ0) is 13.9. The maximum Gasteiger partial charge on any atom is 0.134 e. The Morgan fingerprint density at radius 2 is 2.30 bits per heavy atom. The Hall–Kier alpha value is -1.17. The van der Waals surface area contributed by atoms with Crippen LogP contribution in [0.1, 0.15) is 24.4 Å². The molecule has 20 heavy (non-hydrogen) atoms. The van der Waals surface area contributed by atoms with E-state index in [1.54, 1.807) is 11.3 Å². The third-order valence-electron chi connectivity index (χ3n) is 3.24. The number of fused-ring (bicyclic) bond motifs is 1. The lowest BCUT2D eigenvalue weighted by Gasteiger charge is -2.10. The number of aromatic nitrogens is 1. The minimum Gasteiger partial charge on any atom is -0.459 e. The summed E-state index contributed by atoms with van der Waals surface area (Å²) < 4.78 is 6.95. The molecule has 0 bridgehead atoms. The van der Waals surface area contributed by atoms with Crippen LogP contribution in [-0.4, -0.2) is 11.5 Å². The van der Waals surface area contributed by atoms with Gasteiger partial charge in [-0.2, -0.15) is 0 Å². The van der Waals surface area contributed by atoms with Crippen LogP contribution in [0.4, 0.5) is 0 Å². The van der Waals surface area contributed by atoms with Crippen LogP contribution in [0.15, 0.2) is 44.0 Å². The number of nitrogens with zero attached hydrogens (tertiary/aromatic N) is 1. The van der Waals surface area contributed by atoms with Gasteiger partial charge in [0.15, 0.2) is 0 Å². The van der Waals surface area contributed by atoms with E-state index < -0.39 is 0 Å². The SMILES string of the molecule is CC(NCCc1cscn1)c1cc2cc(Br)ccc2o1. The molecule has 1 atom stereocenters. The first-order valence-corrected chi connectivity index (χ1v) is 8.25. The molecule has 1 aromatic carbocycles. The highest BCUT2D eigenvalue weighted by atomic mass is 79.9. The highest BCUT2D eigenvalue weighted by Gasteiger charge is 2.11. The van der Waals surface area contributed by atoms with Crippen molar-refractivity contribution in [3.8, 4) is 0 Å². The molecule has 0 fully saturated rings. The Balaban J connectivity index is 1.64. The third kappa shape index (κ3) is 3.11. The molecule has 3 aromatic rings. The lowest BCUT2D eigenvalue weighted by Crippen LogP contribution is -2.21. The normalized spacial score (nSPS) is 12.9. The second-order valence-corrected chi connectivity index (χ2v) is 6.37. The average Bonchev–Trinajstić information content (AvgIpc) is 3.06. The highest BCUT2D eigenvalue weighted by molar-refractivity contribution is 9.10. The summed E-state index contributed by atoms with van der Waals surface area (Å²) in [7, 11) is 0. The van der Waals surface area contributed by atoms with Crippen LogP contribution >= 0.6 is 27.3 Å². The molecule has 0 aliphatic carbocycles. The monoisotopic (exact) mass is 350 g/mol. The van der Waals surface area contributed by atoms with E-state index >= 15 is 0 Å². The lowest BCUT2D eigenvalue weighted by atomic mass is 10.2. The van der Waals surface area contributed by atoms with Crippen molar-refractivity contribution in [3.63, 3.8) is 0 Å². The fraction of sp³-hybridized carbons (Fsp3) is 0.267. The molecule has 1 unspecified atom stereocenters. The van der Waals surface area contributed by atoms with E-state index in [0.29, 0.717) is 0 Å². The number of benzene rings is 1. The maximum atomic E-state index is 5.88. The van der Waals surface area contributed by atoms with Crippen molar-refractivity contribution in [3.05, 3.63) is 51.1 Å². The Kier molecular flexibility index (Phi) is 4.19. The van der Waals surface area contributed by atoms with Crippen LogP contribution in [0.3, 0.4) is 0 Å². The molecule has 0 saturated carbocycles. The molecule has 0 aliphatic rings. The summed E-state index contributed by atoms with van der Waals surface area (Å²) in [6.45, 7) is 3.01. The number of hydrogen-bond acceptors (Lipinski definition) is 4. The molecule has 0 saturated heterocycles. The first-order valence-electron chi connectivity index (χ1n) is 6.52. The predicted molar refractivity (Wildman–Crippen MR) is 86.1 cm³/mol. The zero-order valence-corrected chi connectivity index (χ0v) is 13.5. The van der Waals surface area contributed by atoms with Gasteiger partial charge in [-0.15, -0.1) is 11.3 Å². The number of rotatable bonds is 5. The Bertz CT molecular complexity index is 693. The van der Waals surface area contributed by atoms with Crippen molar-refractivity contribution in [2.24, 2.45) is 0 Å². The predicted octanol–water partition coefficient (Wildman–Crippen LogP) is 4.55. The van der Waals surface area contributed by atoms with Gasteiger partial charge in [0.25, 0.3) is 0 Å². The largest absolute Gasteiger partial charge is 0.459 e. The van der Waals surface area contributed by atoms with Crippen LogP contribution in [-0.2, 0) is 6.42 Å². The number of halogens is 1. The molecule has 104 valence electrons. The van der Waals surface area contributed by atoms with Crippen molar-refractivity contribution in [2.75, 3.05) is 6.54 Å². The summed E-state index contributed by atoms with van der Waals surface area (Å²) in [6, 6.07) is 8.35. The van der Waals surface area contributed by atoms with E-state index in [1.165, 1.54) is 0 Å². The van der Waals surface area contributed by atoms with Gasteiger partial charge in [-0.25, -0.2) is 4.98 Å². The van der Waals surface area contributed by atoms with Gasteiger partial charge in [-0.1, -0.05) is 15.9 Å². The van der Waals surface area contributed by atoms with Crippen LogP contribution in [0.2, 0.25) is 0 Å². The summed E-state index contributed by atoms with van der Waals surface area (Å²) >= 11 is 5.12. The Morgan fingerprint density at radius 3 is 3.10 bits per heavy atom. The van der Waals surface area contributed by atoms with E-state index in [2.05, 4.69) is 50.7 Å². The molecular formula is C15H15BrN2OS. The standard InChI is InChI=1S/C15H15BrN2OS/c1-10(17-5-4-13-8-20-9-18-13)15-7-11-6-12(16)2-3-14(11)19-15/h2-3,6-10,17H,4-5H2,1H3. The van der Waals surface area contributed by atoms with E-state index in [-0.39, 0.29) is 6.04 Å². The van der Waals surface area contributed by atoms with E-state index in [4.69, 9.17) is 4.42 Å². The van der Waals surface area contributed by atoms with Crippen molar-refractivity contribution in [1.29, 1.82) is 0 Å². The molecular weight excluding hydrogens is 336 g/mol. The molecule has 5 heteroatoms. The van der Waals surface area contributed by atoms with E-state index in [9.17, 15) is 0 Å². The topological polar surface area (TPSA) is 38.1 Å². The van der Waals surface area contributed by atoms with Crippen molar-refractivity contribution in [2.45, 2.75) is 19.4 Å². The van der Waals surface area contributed by atoms with Crippen LogP contribution in [0.5, 0.6) is 0 Å². The Labute approximate surface area is 130 Å². The number of thiazole rings is 1. The molecule has 2 heterocycles. The van der Waals surface area contributed by atoms with Gasteiger partial charge in [-0.3, -0.25) is 0 Å². The summed E-state index contributed by atoms with van der Waals surface area (Å²) in [4.78, 5) is 4.28. The molecule has 0 aliphatic heterocycles. The fourth-order valence-electron chi connectivity index (χ4n) is 2.13. The van der Waals surface area contributed by atoms with Gasteiger partial charge < -0.3 is 9.73 Å². The van der Waals surface area contributed by atoms with Crippen molar-refractivity contribution < 1.29 is 4.42 Å². The van der Waals surface area contributed by atoms with Gasteiger partial charge in [-0.05, 0) is 31.2 Å². The molecule has 2 aromatic heterocycles. The van der Waals surface area contributed by atoms with Gasteiger partial charge >= 0.3 is 0 Å². The smallest absolute Gasteiger partial charge is 0.134 e. The van der Waals surface area contributed by atoms with Gasteiger partial charge in [0.1, 0.15) is 11.3 Å². The van der Waals surface area contributed by atoms with Gasteiger partial charge in [0, 0.05) is 28.2 Å². The molecule has 3 nitrogen and oxygen atoms in total. The van der Waals surface area contributed by atoms with Gasteiger partial charge in [0.2, 0.25) is 0 Å². The first kappa shape index (κ1) is 13.8. The highest BCUT2D eigenvalue weighted by Crippen LogP contribution is 2.26. The fourth-order valence-corrected chi connectivity index (χ4v) is 3.10. The second kappa shape index (κ2) is 6.08. The minimum absolute atomic E-state index is 0.194. The lowest BCUT2D eigenvalue weighted by molar-refractivity contribution is 0.453. The third-order valence-corrected chi connectivity index (χ3v) is 4.37. The number of hydrogen-bond donors (Lipinski definition) is 1. The Morgan fingerprint density at radius 1 is 1.40 bits per heavy atom. The van der Waals surface area contributed by atoms with Crippen molar-refractivity contribution >= 4 is 38.2 Å². The number of nitrogens with one attached hydrogen (secondary N) is 1. The quantitative estimate of drug-likeness (QED) is 0.733. The maximum absolute atomic E-state index is 5.88. The molecule has 0 radical (unpaired) electrons. The molecule has 3 rings (SSSR count). The zero-order valence-electron chi connectivity index (χ0n) is 11.1. The minimum atomic E-state index is 0.194. The van der Waals surface area contributed by atoms with E-state index in [0.717, 1.165) is 39.9 Å². The average molecular weight is 351 g/mol. The summed E-state index contributed by atoms with van der Waals surface area (Å²) in [5.74, 6) is 0.969. The van der Waals surface area contributed by atoms with Crippen LogP contribution in [0.25, 0.3) is 11.0 Å². The van der Waals surface area contributed by atoms with E-state index in [1.807, 2.05) is 17.6 Å². The molecule has 0 spiro atoms. The summed E-state index contributed by atoms with van der Waals surface area (Å²) in [5, 5.41) is 6.69. The van der Waals surface area contributed by atoms with Crippen molar-refractivity contribution in [1.82, 2.24) is 10.3 Å². The van der Waals surface area contributed by atoms with Gasteiger partial charge in [0.05, 0.1) is 17.2 Å².